The van der Waals surface area contributed by atoms with Gasteiger partial charge in [0, 0.05) is 13.0 Å². The highest BCUT2D eigenvalue weighted by molar-refractivity contribution is 5.93. The second-order valence-electron chi connectivity index (χ2n) is 2.95. The molecule has 1 aromatic heterocycles. The van der Waals surface area contributed by atoms with Gasteiger partial charge in [-0.2, -0.15) is 0 Å². The first-order valence-electron chi connectivity index (χ1n) is 3.91. The number of halogens is 1. The second-order valence-corrected chi connectivity index (χ2v) is 2.95. The molecule has 4 heteroatoms. The van der Waals surface area contributed by atoms with Crippen molar-refractivity contribution in [2.75, 3.05) is 20.6 Å². The highest BCUT2D eigenvalue weighted by Gasteiger charge is 2.07. The van der Waals surface area contributed by atoms with Crippen LogP contribution in [0, 0.1) is 0 Å². The van der Waals surface area contributed by atoms with E-state index in [0.717, 1.165) is 6.54 Å². The Labute approximate surface area is 84.1 Å². The first kappa shape index (κ1) is 12.2. The Kier molecular flexibility index (Phi) is 5.42. The summed E-state index contributed by atoms with van der Waals surface area (Å²) in [5.41, 5.74) is 0. The molecule has 0 aromatic carbocycles. The highest BCUT2D eigenvalue weighted by Crippen LogP contribution is 2.03. The van der Waals surface area contributed by atoms with Gasteiger partial charge < -0.3 is 21.7 Å². The van der Waals surface area contributed by atoms with Crippen LogP contribution in [0.3, 0.4) is 0 Å². The zero-order chi connectivity index (χ0) is 8.97. The number of hydrogen-bond acceptors (Lipinski definition) is 3. The summed E-state index contributed by atoms with van der Waals surface area (Å²) in [6, 6.07) is 3.42. The molecule has 0 spiro atoms. The molecule has 0 aliphatic heterocycles. The molecule has 0 amide bonds. The predicted octanol–water partition coefficient (Wildman–Crippen LogP) is -1.58. The van der Waals surface area contributed by atoms with E-state index in [1.807, 2.05) is 19.0 Å². The number of carbonyl (C=O) groups is 1. The molecule has 0 saturated carbocycles. The molecule has 0 unspecified atom stereocenters. The molecule has 1 rings (SSSR count). The van der Waals surface area contributed by atoms with Crippen LogP contribution in [0.4, 0.5) is 0 Å². The lowest BCUT2D eigenvalue weighted by Gasteiger charge is -2.06. The Bertz CT molecular complexity index is 244. The molecule has 0 aliphatic carbocycles. The van der Waals surface area contributed by atoms with Gasteiger partial charge in [-0.05, 0) is 26.2 Å². The Morgan fingerprint density at radius 2 is 2.23 bits per heavy atom. The van der Waals surface area contributed by atoms with Crippen LogP contribution in [-0.2, 0) is 0 Å². The minimum Gasteiger partial charge on any atom is -1.00 e. The van der Waals surface area contributed by atoms with Crippen LogP contribution in [0.15, 0.2) is 22.8 Å². The van der Waals surface area contributed by atoms with Gasteiger partial charge in [-0.3, -0.25) is 4.79 Å². The standard InChI is InChI=1S/C9H13NO2.ClH/c1-10(2)6-5-8(11)9-4-3-7-12-9;/h3-4,7H,5-6H2,1-2H3;1H/p-1. The summed E-state index contributed by atoms with van der Waals surface area (Å²) in [5.74, 6) is 0.519. The van der Waals surface area contributed by atoms with Crippen molar-refractivity contribution in [3.63, 3.8) is 0 Å². The first-order chi connectivity index (χ1) is 5.70. The molecule has 0 fully saturated rings. The number of ketones is 1. The van der Waals surface area contributed by atoms with Gasteiger partial charge in [0.1, 0.15) is 0 Å². The molecule has 0 atom stereocenters. The average Bonchev–Trinajstić information content (AvgIpc) is 2.51. The third-order valence-corrected chi connectivity index (χ3v) is 1.58. The Hall–Kier alpha value is -0.800. The minimum atomic E-state index is 0. The molecule has 74 valence electrons. The van der Waals surface area contributed by atoms with Crippen LogP contribution < -0.4 is 12.4 Å². The molecular formula is C9H13ClNO2-. The lowest BCUT2D eigenvalue weighted by atomic mass is 10.2. The maximum Gasteiger partial charge on any atom is 0.199 e. The number of hydrogen-bond donors (Lipinski definition) is 0. The molecule has 0 bridgehead atoms. The van der Waals surface area contributed by atoms with Crippen LogP contribution in [-0.4, -0.2) is 31.3 Å². The molecular weight excluding hydrogens is 190 g/mol. The molecule has 0 saturated heterocycles. The molecule has 0 N–H and O–H groups in total. The van der Waals surface area contributed by atoms with Crippen LogP contribution in [0.2, 0.25) is 0 Å². The number of rotatable bonds is 4. The van der Waals surface area contributed by atoms with E-state index in [4.69, 9.17) is 4.42 Å². The quantitative estimate of drug-likeness (QED) is 0.553. The van der Waals surface area contributed by atoms with Crippen LogP contribution in [0.1, 0.15) is 17.0 Å². The van der Waals surface area contributed by atoms with Crippen LogP contribution in [0.5, 0.6) is 0 Å². The van der Waals surface area contributed by atoms with Crippen molar-refractivity contribution >= 4 is 5.78 Å². The molecule has 0 aliphatic rings. The fourth-order valence-electron chi connectivity index (χ4n) is 0.886. The SMILES string of the molecule is CN(C)CCC(=O)c1ccco1.[Cl-]. The smallest absolute Gasteiger partial charge is 0.199 e. The Morgan fingerprint density at radius 3 is 2.69 bits per heavy atom. The van der Waals surface area contributed by atoms with Gasteiger partial charge in [0.05, 0.1) is 6.26 Å². The van der Waals surface area contributed by atoms with E-state index >= 15 is 0 Å². The lowest BCUT2D eigenvalue weighted by molar-refractivity contribution is -0.0000106. The van der Waals surface area contributed by atoms with Crippen molar-refractivity contribution in [1.29, 1.82) is 0 Å². The van der Waals surface area contributed by atoms with E-state index in [1.165, 1.54) is 6.26 Å². The molecule has 1 heterocycles. The summed E-state index contributed by atoms with van der Waals surface area (Å²) < 4.78 is 4.96. The van der Waals surface area contributed by atoms with Gasteiger partial charge in [-0.15, -0.1) is 0 Å². The van der Waals surface area contributed by atoms with Gasteiger partial charge in [0.15, 0.2) is 11.5 Å². The average molecular weight is 203 g/mol. The second kappa shape index (κ2) is 5.78. The summed E-state index contributed by atoms with van der Waals surface area (Å²) in [6.07, 6.45) is 2.03. The summed E-state index contributed by atoms with van der Waals surface area (Å²) in [6.45, 7) is 0.763. The maximum atomic E-state index is 11.3. The lowest BCUT2D eigenvalue weighted by Crippen LogP contribution is -3.00. The van der Waals surface area contributed by atoms with Gasteiger partial charge >= 0.3 is 0 Å². The number of carbonyl (C=O) groups excluding carboxylic acids is 1. The van der Waals surface area contributed by atoms with Crippen molar-refractivity contribution in [1.82, 2.24) is 4.90 Å². The zero-order valence-corrected chi connectivity index (χ0v) is 8.54. The monoisotopic (exact) mass is 202 g/mol. The topological polar surface area (TPSA) is 33.5 Å². The third-order valence-electron chi connectivity index (χ3n) is 1.58. The van der Waals surface area contributed by atoms with Gasteiger partial charge in [0.25, 0.3) is 0 Å². The fraction of sp³-hybridized carbons (Fsp3) is 0.444. The van der Waals surface area contributed by atoms with Crippen molar-refractivity contribution in [2.24, 2.45) is 0 Å². The highest BCUT2D eigenvalue weighted by atomic mass is 35.5. The molecule has 3 nitrogen and oxygen atoms in total. The minimum absolute atomic E-state index is 0. The van der Waals surface area contributed by atoms with E-state index in [0.29, 0.717) is 12.2 Å². The number of Topliss-reactive ketones (excluding diaryl/α,β-unsaturated/α-hetero) is 1. The number of furan rings is 1. The van der Waals surface area contributed by atoms with E-state index in [-0.39, 0.29) is 18.2 Å². The largest absolute Gasteiger partial charge is 1.00 e. The summed E-state index contributed by atoms with van der Waals surface area (Å²) >= 11 is 0. The van der Waals surface area contributed by atoms with E-state index < -0.39 is 0 Å². The summed E-state index contributed by atoms with van der Waals surface area (Å²) in [7, 11) is 3.88. The van der Waals surface area contributed by atoms with Crippen molar-refractivity contribution in [3.8, 4) is 0 Å². The zero-order valence-electron chi connectivity index (χ0n) is 7.79. The summed E-state index contributed by atoms with van der Waals surface area (Å²) in [4.78, 5) is 13.3. The Morgan fingerprint density at radius 1 is 1.54 bits per heavy atom. The molecule has 0 radical (unpaired) electrons. The molecule has 1 aromatic rings. The normalized spacial score (nSPS) is 9.77. The van der Waals surface area contributed by atoms with Gasteiger partial charge in [0.2, 0.25) is 0 Å². The third kappa shape index (κ3) is 4.10. The van der Waals surface area contributed by atoms with Crippen molar-refractivity contribution in [3.05, 3.63) is 24.2 Å². The van der Waals surface area contributed by atoms with E-state index in [9.17, 15) is 4.79 Å². The fourth-order valence-corrected chi connectivity index (χ4v) is 0.886. The van der Waals surface area contributed by atoms with E-state index in [1.54, 1.807) is 12.1 Å². The summed E-state index contributed by atoms with van der Waals surface area (Å²) in [5, 5.41) is 0. The van der Waals surface area contributed by atoms with Crippen LogP contribution in [0.25, 0.3) is 0 Å². The van der Waals surface area contributed by atoms with Crippen molar-refractivity contribution in [2.45, 2.75) is 6.42 Å². The first-order valence-corrected chi connectivity index (χ1v) is 3.91. The Balaban J connectivity index is 0.00000144. The molecule has 13 heavy (non-hydrogen) atoms. The van der Waals surface area contributed by atoms with Gasteiger partial charge in [-0.1, -0.05) is 0 Å². The maximum absolute atomic E-state index is 11.3. The predicted molar refractivity (Wildman–Crippen MR) is 46.2 cm³/mol. The van der Waals surface area contributed by atoms with E-state index in [2.05, 4.69) is 0 Å². The van der Waals surface area contributed by atoms with Crippen molar-refractivity contribution < 1.29 is 21.6 Å². The number of nitrogens with zero attached hydrogens (tertiary/aromatic N) is 1. The van der Waals surface area contributed by atoms with Gasteiger partial charge in [-0.25, -0.2) is 0 Å². The van der Waals surface area contributed by atoms with Crippen LogP contribution >= 0.6 is 0 Å².